The number of morpholine rings is 1. The van der Waals surface area contributed by atoms with Crippen LogP contribution in [-0.2, 0) is 16.0 Å². The lowest BCUT2D eigenvalue weighted by Crippen LogP contribution is -2.53. The summed E-state index contributed by atoms with van der Waals surface area (Å²) in [5.74, 6) is 1.87. The Morgan fingerprint density at radius 3 is 2.58 bits per heavy atom. The lowest BCUT2D eigenvalue weighted by atomic mass is 10.1. The fourth-order valence-corrected chi connectivity index (χ4v) is 4.10. The highest BCUT2D eigenvalue weighted by molar-refractivity contribution is 5.80. The molecule has 0 spiro atoms. The van der Waals surface area contributed by atoms with E-state index in [1.54, 1.807) is 0 Å². The molecular weight excluding hydrogens is 392 g/mol. The smallest absolute Gasteiger partial charge is 0.194 e. The number of ether oxygens (including phenoxy) is 3. The van der Waals surface area contributed by atoms with Crippen molar-refractivity contribution in [3.05, 3.63) is 29.8 Å². The highest BCUT2D eigenvalue weighted by Gasteiger charge is 2.32. The third-order valence-corrected chi connectivity index (χ3v) is 6.01. The summed E-state index contributed by atoms with van der Waals surface area (Å²) in [6.07, 6.45) is 2.58. The summed E-state index contributed by atoms with van der Waals surface area (Å²) >= 11 is 0. The molecule has 0 aromatic heterocycles. The van der Waals surface area contributed by atoms with Crippen LogP contribution in [0.1, 0.15) is 39.2 Å². The van der Waals surface area contributed by atoms with Crippen molar-refractivity contribution in [1.29, 1.82) is 0 Å². The summed E-state index contributed by atoms with van der Waals surface area (Å²) in [7, 11) is 0. The maximum Gasteiger partial charge on any atom is 0.194 e. The zero-order valence-corrected chi connectivity index (χ0v) is 19.5. The van der Waals surface area contributed by atoms with Gasteiger partial charge in [-0.15, -0.1) is 0 Å². The van der Waals surface area contributed by atoms with E-state index >= 15 is 0 Å². The van der Waals surface area contributed by atoms with Gasteiger partial charge >= 0.3 is 0 Å². The number of nitrogens with one attached hydrogen (secondary N) is 1. The van der Waals surface area contributed by atoms with Crippen molar-refractivity contribution in [2.75, 3.05) is 59.1 Å². The van der Waals surface area contributed by atoms with Crippen molar-refractivity contribution in [3.8, 4) is 5.75 Å². The number of benzene rings is 1. The van der Waals surface area contributed by atoms with Crippen LogP contribution in [-0.4, -0.2) is 87.1 Å². The fraction of sp³-hybridized carbons (Fsp3) is 0.708. The Kier molecular flexibility index (Phi) is 9.90. The molecule has 0 saturated carbocycles. The molecule has 0 amide bonds. The Labute approximate surface area is 187 Å². The summed E-state index contributed by atoms with van der Waals surface area (Å²) in [6, 6.07) is 8.30. The topological polar surface area (TPSA) is 58.6 Å². The number of hydrogen-bond acceptors (Lipinski definition) is 5. The van der Waals surface area contributed by atoms with Crippen molar-refractivity contribution in [2.24, 2.45) is 4.99 Å². The second-order valence-electron chi connectivity index (χ2n) is 8.10. The first-order valence-corrected chi connectivity index (χ1v) is 11.9. The minimum Gasteiger partial charge on any atom is -0.492 e. The standard InChI is InChI=1S/C24H40N4O3/c1-4-25-24(28-14-17-31-23(19-28)22-8-7-15-30-22)26-18-20-9-11-21(12-10-20)29-16-13-27(5-2)6-3/h9-12,22-23H,4-8,13-19H2,1-3H3,(H,25,26). The van der Waals surface area contributed by atoms with E-state index in [9.17, 15) is 0 Å². The molecule has 2 unspecified atom stereocenters. The number of rotatable bonds is 10. The second kappa shape index (κ2) is 12.9. The summed E-state index contributed by atoms with van der Waals surface area (Å²) in [5.41, 5.74) is 1.18. The first-order chi connectivity index (χ1) is 15.2. The predicted octanol–water partition coefficient (Wildman–Crippen LogP) is 2.75. The van der Waals surface area contributed by atoms with Gasteiger partial charge in [0.15, 0.2) is 5.96 Å². The Balaban J connectivity index is 1.52. The normalized spacial score (nSPS) is 22.2. The van der Waals surface area contributed by atoms with Crippen LogP contribution in [0.2, 0.25) is 0 Å². The van der Waals surface area contributed by atoms with Gasteiger partial charge in [-0.25, -0.2) is 4.99 Å². The molecule has 2 heterocycles. The maximum absolute atomic E-state index is 5.99. The molecule has 0 radical (unpaired) electrons. The molecule has 2 saturated heterocycles. The first-order valence-electron chi connectivity index (χ1n) is 11.9. The predicted molar refractivity (Wildman–Crippen MR) is 125 cm³/mol. The molecule has 31 heavy (non-hydrogen) atoms. The average molecular weight is 433 g/mol. The highest BCUT2D eigenvalue weighted by Crippen LogP contribution is 2.21. The highest BCUT2D eigenvalue weighted by atomic mass is 16.5. The quantitative estimate of drug-likeness (QED) is 0.453. The van der Waals surface area contributed by atoms with E-state index < -0.39 is 0 Å². The van der Waals surface area contributed by atoms with Crippen molar-refractivity contribution < 1.29 is 14.2 Å². The minimum atomic E-state index is 0.132. The van der Waals surface area contributed by atoms with Gasteiger partial charge in [0.25, 0.3) is 0 Å². The molecule has 1 aromatic carbocycles. The minimum absolute atomic E-state index is 0.132. The van der Waals surface area contributed by atoms with Crippen LogP contribution in [0.5, 0.6) is 5.75 Å². The van der Waals surface area contributed by atoms with Gasteiger partial charge in [0.05, 0.1) is 19.3 Å². The third-order valence-electron chi connectivity index (χ3n) is 6.01. The SMILES string of the molecule is CCNC(=NCc1ccc(OCCN(CC)CC)cc1)N1CCOC(C2CCCO2)C1. The van der Waals surface area contributed by atoms with E-state index in [1.807, 2.05) is 12.1 Å². The van der Waals surface area contributed by atoms with E-state index in [0.717, 1.165) is 70.4 Å². The molecule has 0 bridgehead atoms. The van der Waals surface area contributed by atoms with Gasteiger partial charge in [0, 0.05) is 32.8 Å². The summed E-state index contributed by atoms with van der Waals surface area (Å²) in [6.45, 7) is 15.0. The van der Waals surface area contributed by atoms with E-state index in [0.29, 0.717) is 19.8 Å². The van der Waals surface area contributed by atoms with E-state index in [4.69, 9.17) is 19.2 Å². The molecule has 7 nitrogen and oxygen atoms in total. The first kappa shape index (κ1) is 23.8. The van der Waals surface area contributed by atoms with Crippen molar-refractivity contribution in [3.63, 3.8) is 0 Å². The van der Waals surface area contributed by atoms with Gasteiger partial charge in [-0.2, -0.15) is 0 Å². The third kappa shape index (κ3) is 7.37. The lowest BCUT2D eigenvalue weighted by molar-refractivity contribution is -0.0817. The van der Waals surface area contributed by atoms with Crippen LogP contribution in [0, 0.1) is 0 Å². The van der Waals surface area contributed by atoms with Gasteiger partial charge in [-0.05, 0) is 50.6 Å². The number of likely N-dealkylation sites (N-methyl/N-ethyl adjacent to an activating group) is 1. The van der Waals surface area contributed by atoms with E-state index in [2.05, 4.69) is 48.0 Å². The Hall–Kier alpha value is -1.83. The average Bonchev–Trinajstić information content (AvgIpc) is 3.35. The largest absolute Gasteiger partial charge is 0.492 e. The van der Waals surface area contributed by atoms with Gasteiger partial charge in [-0.3, -0.25) is 0 Å². The van der Waals surface area contributed by atoms with Crippen LogP contribution < -0.4 is 10.1 Å². The van der Waals surface area contributed by atoms with Gasteiger partial charge < -0.3 is 29.3 Å². The summed E-state index contributed by atoms with van der Waals surface area (Å²) in [5, 5.41) is 3.44. The molecule has 2 aliphatic heterocycles. The second-order valence-corrected chi connectivity index (χ2v) is 8.10. The van der Waals surface area contributed by atoms with Gasteiger partial charge in [0.2, 0.25) is 0 Å². The number of nitrogens with zero attached hydrogens (tertiary/aromatic N) is 3. The van der Waals surface area contributed by atoms with Crippen LogP contribution in [0.4, 0.5) is 0 Å². The number of hydrogen-bond donors (Lipinski definition) is 1. The van der Waals surface area contributed by atoms with Crippen molar-refractivity contribution >= 4 is 5.96 Å². The van der Waals surface area contributed by atoms with E-state index in [1.165, 1.54) is 5.56 Å². The van der Waals surface area contributed by atoms with Crippen LogP contribution in [0.15, 0.2) is 29.3 Å². The molecule has 2 fully saturated rings. The summed E-state index contributed by atoms with van der Waals surface area (Å²) in [4.78, 5) is 9.56. The van der Waals surface area contributed by atoms with Crippen molar-refractivity contribution in [2.45, 2.75) is 52.4 Å². The zero-order valence-electron chi connectivity index (χ0n) is 19.5. The molecule has 7 heteroatoms. The summed E-state index contributed by atoms with van der Waals surface area (Å²) < 4.78 is 17.7. The molecule has 3 rings (SSSR count). The van der Waals surface area contributed by atoms with Crippen LogP contribution in [0.25, 0.3) is 0 Å². The molecule has 174 valence electrons. The van der Waals surface area contributed by atoms with Gasteiger partial charge in [0.1, 0.15) is 18.5 Å². The van der Waals surface area contributed by atoms with E-state index in [-0.39, 0.29) is 12.2 Å². The molecule has 1 aromatic rings. The fourth-order valence-electron chi connectivity index (χ4n) is 4.10. The number of aliphatic imine (C=N–C) groups is 1. The molecule has 1 N–H and O–H groups in total. The zero-order chi connectivity index (χ0) is 21.9. The molecule has 0 aliphatic carbocycles. The van der Waals surface area contributed by atoms with Crippen LogP contribution in [0.3, 0.4) is 0 Å². The Morgan fingerprint density at radius 2 is 1.90 bits per heavy atom. The Morgan fingerprint density at radius 1 is 1.13 bits per heavy atom. The van der Waals surface area contributed by atoms with Gasteiger partial charge in [-0.1, -0.05) is 26.0 Å². The monoisotopic (exact) mass is 432 g/mol. The lowest BCUT2D eigenvalue weighted by Gasteiger charge is -2.37. The molecule has 2 atom stereocenters. The van der Waals surface area contributed by atoms with Crippen LogP contribution >= 0.6 is 0 Å². The molecule has 2 aliphatic rings. The van der Waals surface area contributed by atoms with Crippen molar-refractivity contribution in [1.82, 2.24) is 15.1 Å². The number of guanidine groups is 1. The Bertz CT molecular complexity index is 657. The maximum atomic E-state index is 5.99. The molecular formula is C24H40N4O3.